The molecule has 0 radical (unpaired) electrons. The van der Waals surface area contributed by atoms with Gasteiger partial charge in [0.1, 0.15) is 6.10 Å². The first-order chi connectivity index (χ1) is 11.0. The first kappa shape index (κ1) is 15.7. The smallest absolute Gasteiger partial charge is 0.335 e. The zero-order valence-electron chi connectivity index (χ0n) is 13.4. The Labute approximate surface area is 135 Å². The molecule has 1 aromatic carbocycles. The van der Waals surface area contributed by atoms with Crippen molar-refractivity contribution in [3.8, 4) is 0 Å². The predicted molar refractivity (Wildman–Crippen MR) is 85.4 cm³/mol. The van der Waals surface area contributed by atoms with Crippen molar-refractivity contribution in [3.05, 3.63) is 47.0 Å². The van der Waals surface area contributed by atoms with Gasteiger partial charge in [-0.25, -0.2) is 4.79 Å². The summed E-state index contributed by atoms with van der Waals surface area (Å²) in [5.74, 6) is -1.21. The minimum absolute atomic E-state index is 0.0131. The van der Waals surface area contributed by atoms with Crippen LogP contribution in [0.3, 0.4) is 0 Å². The van der Waals surface area contributed by atoms with Crippen LogP contribution in [-0.4, -0.2) is 47.7 Å². The van der Waals surface area contributed by atoms with E-state index < -0.39 is 5.97 Å². The number of carboxylic acids is 1. The van der Waals surface area contributed by atoms with Crippen LogP contribution in [0.4, 0.5) is 0 Å². The first-order valence-corrected chi connectivity index (χ1v) is 7.87. The second kappa shape index (κ2) is 6.16. The Kier molecular flexibility index (Phi) is 4.22. The molecule has 1 aliphatic carbocycles. The second-order valence-electron chi connectivity index (χ2n) is 6.30. The Morgan fingerprint density at radius 2 is 2.04 bits per heavy atom. The molecule has 3 rings (SSSR count). The molecule has 122 valence electrons. The van der Waals surface area contributed by atoms with E-state index in [0.29, 0.717) is 12.0 Å². The molecule has 0 aromatic heterocycles. The van der Waals surface area contributed by atoms with Crippen LogP contribution < -0.4 is 0 Å². The average Bonchev–Trinajstić information content (AvgIpc) is 2.87. The Morgan fingerprint density at radius 1 is 1.30 bits per heavy atom. The Morgan fingerprint density at radius 3 is 2.74 bits per heavy atom. The maximum atomic E-state index is 11.6. The topological polar surface area (TPSA) is 66.8 Å². The zero-order valence-corrected chi connectivity index (χ0v) is 13.4. The van der Waals surface area contributed by atoms with Gasteiger partial charge >= 0.3 is 11.9 Å². The van der Waals surface area contributed by atoms with E-state index in [1.165, 1.54) is 12.5 Å². The standard InChI is InChI=1S/C18H21NO4/c1-11(20)23-13-9-12-7-8-19(2)17(12)16(10-13)14-5-3-4-6-15(14)18(21)22/h3-6,9,13,16-17H,7-8,10H2,1-2H3,(H,21,22). The molecule has 1 aliphatic heterocycles. The molecular formula is C18H21NO4. The van der Waals surface area contributed by atoms with Crippen LogP contribution in [0.25, 0.3) is 0 Å². The normalized spacial score (nSPS) is 27.2. The number of carbonyl (C=O) groups is 2. The summed E-state index contributed by atoms with van der Waals surface area (Å²) < 4.78 is 5.41. The highest BCUT2D eigenvalue weighted by atomic mass is 16.5. The van der Waals surface area contributed by atoms with E-state index in [0.717, 1.165) is 18.5 Å². The van der Waals surface area contributed by atoms with Crippen LogP contribution in [0.2, 0.25) is 0 Å². The van der Waals surface area contributed by atoms with Crippen LogP contribution in [0.1, 0.15) is 41.6 Å². The summed E-state index contributed by atoms with van der Waals surface area (Å²) in [6, 6.07) is 7.33. The third kappa shape index (κ3) is 3.01. The fourth-order valence-electron chi connectivity index (χ4n) is 3.92. The Hall–Kier alpha value is -2.14. The van der Waals surface area contributed by atoms with Gasteiger partial charge in [0, 0.05) is 25.4 Å². The maximum absolute atomic E-state index is 11.6. The fourth-order valence-corrected chi connectivity index (χ4v) is 3.92. The summed E-state index contributed by atoms with van der Waals surface area (Å²) >= 11 is 0. The number of esters is 1. The molecule has 23 heavy (non-hydrogen) atoms. The third-order valence-electron chi connectivity index (χ3n) is 4.78. The van der Waals surface area contributed by atoms with Crippen molar-refractivity contribution in [3.63, 3.8) is 0 Å². The number of ether oxygens (including phenoxy) is 1. The van der Waals surface area contributed by atoms with E-state index in [1.807, 2.05) is 12.1 Å². The number of carboxylic acid groups (broad SMARTS) is 1. The Bertz CT molecular complexity index is 667. The summed E-state index contributed by atoms with van der Waals surface area (Å²) in [5.41, 5.74) is 2.40. The minimum Gasteiger partial charge on any atom is -0.478 e. The van der Waals surface area contributed by atoms with Crippen LogP contribution >= 0.6 is 0 Å². The molecule has 3 atom stereocenters. The minimum atomic E-state index is -0.915. The first-order valence-electron chi connectivity index (χ1n) is 7.87. The molecule has 0 spiro atoms. The van der Waals surface area contributed by atoms with Crippen LogP contribution in [0.15, 0.2) is 35.9 Å². The van der Waals surface area contributed by atoms with Gasteiger partial charge in [-0.1, -0.05) is 23.8 Å². The van der Waals surface area contributed by atoms with Crippen molar-refractivity contribution in [2.24, 2.45) is 0 Å². The highest BCUT2D eigenvalue weighted by molar-refractivity contribution is 5.89. The second-order valence-corrected chi connectivity index (χ2v) is 6.30. The molecule has 0 bridgehead atoms. The molecule has 5 nitrogen and oxygen atoms in total. The van der Waals surface area contributed by atoms with Crippen molar-refractivity contribution in [2.45, 2.75) is 37.8 Å². The largest absolute Gasteiger partial charge is 0.478 e. The number of benzene rings is 1. The van der Waals surface area contributed by atoms with Gasteiger partial charge in [0.25, 0.3) is 0 Å². The molecule has 1 heterocycles. The number of carbonyl (C=O) groups excluding carboxylic acids is 1. The lowest BCUT2D eigenvalue weighted by molar-refractivity contribution is -0.144. The molecular weight excluding hydrogens is 294 g/mol. The molecule has 0 amide bonds. The maximum Gasteiger partial charge on any atom is 0.335 e. The van der Waals surface area contributed by atoms with Crippen LogP contribution in [0, 0.1) is 0 Å². The third-order valence-corrected chi connectivity index (χ3v) is 4.78. The van der Waals surface area contributed by atoms with Crippen LogP contribution in [-0.2, 0) is 9.53 Å². The SMILES string of the molecule is CC(=O)OC1C=C2CCN(C)C2C(c2ccccc2C(=O)O)C1. The van der Waals surface area contributed by atoms with Gasteiger partial charge in [0.15, 0.2) is 0 Å². The van der Waals surface area contributed by atoms with Crippen molar-refractivity contribution in [1.29, 1.82) is 0 Å². The van der Waals surface area contributed by atoms with Crippen molar-refractivity contribution in [2.75, 3.05) is 13.6 Å². The van der Waals surface area contributed by atoms with E-state index in [4.69, 9.17) is 4.74 Å². The quantitative estimate of drug-likeness (QED) is 0.685. The predicted octanol–water partition coefficient (Wildman–Crippen LogP) is 2.43. The van der Waals surface area contributed by atoms with E-state index in [1.54, 1.807) is 12.1 Å². The van der Waals surface area contributed by atoms with Gasteiger partial charge in [0.2, 0.25) is 0 Å². The number of aromatic carboxylic acids is 1. The molecule has 1 saturated heterocycles. The lowest BCUT2D eigenvalue weighted by atomic mass is 9.77. The number of rotatable bonds is 3. The molecule has 5 heteroatoms. The van der Waals surface area contributed by atoms with E-state index >= 15 is 0 Å². The average molecular weight is 315 g/mol. The number of hydrogen-bond donors (Lipinski definition) is 1. The summed E-state index contributed by atoms with van der Waals surface area (Å²) in [7, 11) is 2.06. The lowest BCUT2D eigenvalue weighted by Crippen LogP contribution is -2.38. The highest BCUT2D eigenvalue weighted by Gasteiger charge is 2.40. The zero-order chi connectivity index (χ0) is 16.6. The van der Waals surface area contributed by atoms with Gasteiger partial charge in [-0.15, -0.1) is 0 Å². The van der Waals surface area contributed by atoms with E-state index in [-0.39, 0.29) is 24.0 Å². The van der Waals surface area contributed by atoms with Gasteiger partial charge in [-0.2, -0.15) is 0 Å². The van der Waals surface area contributed by atoms with Crippen LogP contribution in [0.5, 0.6) is 0 Å². The number of likely N-dealkylation sites (N-methyl/N-ethyl adjacent to an activating group) is 1. The number of likely N-dealkylation sites (tertiary alicyclic amines) is 1. The number of hydrogen-bond acceptors (Lipinski definition) is 4. The fraction of sp³-hybridized carbons (Fsp3) is 0.444. The summed E-state index contributed by atoms with van der Waals surface area (Å²) in [5, 5.41) is 9.50. The van der Waals surface area contributed by atoms with Gasteiger partial charge in [0.05, 0.1) is 5.56 Å². The molecule has 1 aromatic rings. The summed E-state index contributed by atoms with van der Waals surface area (Å²) in [4.78, 5) is 25.2. The van der Waals surface area contributed by atoms with Crippen molar-refractivity contribution < 1.29 is 19.4 Å². The highest BCUT2D eigenvalue weighted by Crippen LogP contribution is 2.42. The van der Waals surface area contributed by atoms with Crippen molar-refractivity contribution in [1.82, 2.24) is 4.90 Å². The number of nitrogens with zero attached hydrogens (tertiary/aromatic N) is 1. The van der Waals surface area contributed by atoms with E-state index in [2.05, 4.69) is 18.0 Å². The molecule has 1 N–H and O–H groups in total. The molecule has 0 saturated carbocycles. The monoisotopic (exact) mass is 315 g/mol. The van der Waals surface area contributed by atoms with Gasteiger partial charge in [-0.3, -0.25) is 9.69 Å². The molecule has 2 aliphatic rings. The molecule has 1 fully saturated rings. The van der Waals surface area contributed by atoms with Gasteiger partial charge < -0.3 is 9.84 Å². The van der Waals surface area contributed by atoms with E-state index in [9.17, 15) is 14.7 Å². The Balaban J connectivity index is 2.01. The molecule has 3 unspecified atom stereocenters. The lowest BCUT2D eigenvalue weighted by Gasteiger charge is -2.36. The van der Waals surface area contributed by atoms with Crippen molar-refractivity contribution >= 4 is 11.9 Å². The summed E-state index contributed by atoms with van der Waals surface area (Å²) in [6.45, 7) is 2.35. The summed E-state index contributed by atoms with van der Waals surface area (Å²) in [6.07, 6.45) is 3.32. The van der Waals surface area contributed by atoms with Gasteiger partial charge in [-0.05, 0) is 37.6 Å². The number of fused-ring (bicyclic) bond motifs is 1.